The summed E-state index contributed by atoms with van der Waals surface area (Å²) in [6.45, 7) is 0.446. The van der Waals surface area contributed by atoms with Crippen LogP contribution in [0.2, 0.25) is 10.0 Å². The zero-order valence-electron chi connectivity index (χ0n) is 11.9. The molecule has 0 aliphatic heterocycles. The van der Waals surface area contributed by atoms with Gasteiger partial charge in [-0.1, -0.05) is 29.3 Å². The van der Waals surface area contributed by atoms with E-state index in [1.54, 1.807) is 36.4 Å². The van der Waals surface area contributed by atoms with Crippen LogP contribution in [-0.4, -0.2) is 32.9 Å². The van der Waals surface area contributed by atoms with E-state index in [0.29, 0.717) is 15.8 Å². The van der Waals surface area contributed by atoms with Crippen molar-refractivity contribution in [1.82, 2.24) is 4.31 Å². The summed E-state index contributed by atoms with van der Waals surface area (Å²) < 4.78 is 31.4. The van der Waals surface area contributed by atoms with E-state index in [2.05, 4.69) is 0 Å². The minimum absolute atomic E-state index is 0.196. The van der Waals surface area contributed by atoms with Crippen molar-refractivity contribution in [3.05, 3.63) is 58.6 Å². The average Bonchev–Trinajstić information content (AvgIpc) is 2.47. The number of rotatable bonds is 6. The quantitative estimate of drug-likeness (QED) is 0.789. The highest BCUT2D eigenvalue weighted by atomic mass is 35.5. The molecule has 2 rings (SSSR count). The minimum Gasteiger partial charge on any atom is -0.492 e. The van der Waals surface area contributed by atoms with E-state index >= 15 is 0 Å². The van der Waals surface area contributed by atoms with Crippen molar-refractivity contribution < 1.29 is 13.2 Å². The van der Waals surface area contributed by atoms with Crippen molar-refractivity contribution in [3.8, 4) is 5.75 Å². The molecular weight excluding hydrogens is 345 g/mol. The van der Waals surface area contributed by atoms with E-state index < -0.39 is 10.0 Å². The molecule has 0 fully saturated rings. The normalized spacial score (nSPS) is 11.6. The van der Waals surface area contributed by atoms with Crippen molar-refractivity contribution in [2.75, 3.05) is 20.2 Å². The Morgan fingerprint density at radius 2 is 1.73 bits per heavy atom. The van der Waals surface area contributed by atoms with E-state index in [4.69, 9.17) is 27.9 Å². The largest absolute Gasteiger partial charge is 0.492 e. The Balaban J connectivity index is 1.96. The van der Waals surface area contributed by atoms with Crippen molar-refractivity contribution in [1.29, 1.82) is 0 Å². The van der Waals surface area contributed by atoms with Crippen LogP contribution in [0, 0.1) is 0 Å². The molecule has 22 heavy (non-hydrogen) atoms. The maximum atomic E-state index is 12.3. The van der Waals surface area contributed by atoms with Crippen LogP contribution < -0.4 is 4.74 Å². The number of nitrogens with zero attached hydrogens (tertiary/aromatic N) is 1. The van der Waals surface area contributed by atoms with Crippen LogP contribution in [0.15, 0.2) is 53.4 Å². The molecule has 0 heterocycles. The molecule has 0 N–H and O–H groups in total. The number of ether oxygens (including phenoxy) is 1. The van der Waals surface area contributed by atoms with Crippen LogP contribution in [-0.2, 0) is 10.0 Å². The molecule has 0 atom stereocenters. The summed E-state index contributed by atoms with van der Waals surface area (Å²) >= 11 is 11.6. The van der Waals surface area contributed by atoms with Gasteiger partial charge in [-0.15, -0.1) is 0 Å². The van der Waals surface area contributed by atoms with Gasteiger partial charge in [-0.25, -0.2) is 8.42 Å². The lowest BCUT2D eigenvalue weighted by Gasteiger charge is -2.17. The van der Waals surface area contributed by atoms with Gasteiger partial charge in [0, 0.05) is 23.6 Å². The topological polar surface area (TPSA) is 46.6 Å². The van der Waals surface area contributed by atoms with Crippen LogP contribution in [0.1, 0.15) is 0 Å². The van der Waals surface area contributed by atoms with Crippen LogP contribution in [0.4, 0.5) is 0 Å². The number of benzene rings is 2. The van der Waals surface area contributed by atoms with Gasteiger partial charge in [0.15, 0.2) is 0 Å². The van der Waals surface area contributed by atoms with E-state index in [9.17, 15) is 8.42 Å². The van der Waals surface area contributed by atoms with E-state index in [-0.39, 0.29) is 18.0 Å². The molecule has 0 spiro atoms. The molecular formula is C15H15Cl2NO3S. The summed E-state index contributed by atoms with van der Waals surface area (Å²) in [5.74, 6) is 0.602. The second-order valence-corrected chi connectivity index (χ2v) is 7.50. The lowest BCUT2D eigenvalue weighted by molar-refractivity contribution is 0.287. The second kappa shape index (κ2) is 7.33. The van der Waals surface area contributed by atoms with Gasteiger partial charge >= 0.3 is 0 Å². The molecule has 2 aromatic rings. The van der Waals surface area contributed by atoms with E-state index in [1.165, 1.54) is 23.5 Å². The number of halogens is 2. The Morgan fingerprint density at radius 3 is 2.36 bits per heavy atom. The van der Waals surface area contributed by atoms with Crippen molar-refractivity contribution in [3.63, 3.8) is 0 Å². The predicted octanol–water partition coefficient (Wildman–Crippen LogP) is 3.69. The third-order valence-corrected chi connectivity index (χ3v) is 5.35. The molecule has 0 saturated heterocycles. The van der Waals surface area contributed by atoms with Crippen LogP contribution >= 0.6 is 23.2 Å². The van der Waals surface area contributed by atoms with Gasteiger partial charge in [0.1, 0.15) is 12.4 Å². The lowest BCUT2D eigenvalue weighted by Crippen LogP contribution is -2.31. The Labute approximate surface area is 140 Å². The first-order valence-corrected chi connectivity index (χ1v) is 8.69. The average molecular weight is 360 g/mol. The lowest BCUT2D eigenvalue weighted by atomic mass is 10.3. The van der Waals surface area contributed by atoms with Gasteiger partial charge in [-0.2, -0.15) is 4.31 Å². The monoisotopic (exact) mass is 359 g/mol. The predicted molar refractivity (Wildman–Crippen MR) is 88.2 cm³/mol. The van der Waals surface area contributed by atoms with Crippen LogP contribution in [0.5, 0.6) is 5.75 Å². The van der Waals surface area contributed by atoms with Gasteiger partial charge in [-0.3, -0.25) is 0 Å². The van der Waals surface area contributed by atoms with Crippen LogP contribution in [0.3, 0.4) is 0 Å². The molecule has 0 unspecified atom stereocenters. The van der Waals surface area contributed by atoms with Crippen molar-refractivity contribution in [2.24, 2.45) is 0 Å². The van der Waals surface area contributed by atoms with Gasteiger partial charge in [0.2, 0.25) is 10.0 Å². The number of hydrogen-bond donors (Lipinski definition) is 0. The van der Waals surface area contributed by atoms with Crippen molar-refractivity contribution >= 4 is 33.2 Å². The highest BCUT2D eigenvalue weighted by Crippen LogP contribution is 2.19. The zero-order chi connectivity index (χ0) is 16.2. The molecule has 0 saturated carbocycles. The Morgan fingerprint density at radius 1 is 1.05 bits per heavy atom. The fourth-order valence-corrected chi connectivity index (χ4v) is 3.22. The summed E-state index contributed by atoms with van der Waals surface area (Å²) in [5, 5.41) is 1.06. The van der Waals surface area contributed by atoms with E-state index in [1.807, 2.05) is 0 Å². The Hall–Kier alpha value is -1.27. The maximum Gasteiger partial charge on any atom is 0.242 e. The minimum atomic E-state index is -3.55. The molecule has 118 valence electrons. The highest BCUT2D eigenvalue weighted by Gasteiger charge is 2.20. The van der Waals surface area contributed by atoms with Crippen LogP contribution in [0.25, 0.3) is 0 Å². The zero-order valence-corrected chi connectivity index (χ0v) is 14.2. The fourth-order valence-electron chi connectivity index (χ4n) is 1.76. The molecule has 0 amide bonds. The number of likely N-dealkylation sites (N-methyl/N-ethyl adjacent to an activating group) is 1. The third-order valence-electron chi connectivity index (χ3n) is 2.99. The van der Waals surface area contributed by atoms with Gasteiger partial charge < -0.3 is 4.74 Å². The number of hydrogen-bond acceptors (Lipinski definition) is 3. The van der Waals surface area contributed by atoms with Crippen molar-refractivity contribution in [2.45, 2.75) is 4.90 Å². The highest BCUT2D eigenvalue weighted by molar-refractivity contribution is 7.89. The molecule has 4 nitrogen and oxygen atoms in total. The van der Waals surface area contributed by atoms with Gasteiger partial charge in [-0.05, 0) is 42.5 Å². The Bertz CT molecular complexity index is 733. The molecule has 0 radical (unpaired) electrons. The summed E-state index contributed by atoms with van der Waals surface area (Å²) in [4.78, 5) is 0.196. The fraction of sp³-hybridized carbons (Fsp3) is 0.200. The first kappa shape index (κ1) is 17.1. The molecule has 0 aliphatic rings. The first-order chi connectivity index (χ1) is 10.4. The number of sulfonamides is 1. The molecule has 0 bridgehead atoms. The molecule has 2 aromatic carbocycles. The smallest absolute Gasteiger partial charge is 0.242 e. The molecule has 0 aliphatic carbocycles. The van der Waals surface area contributed by atoms with E-state index in [0.717, 1.165) is 0 Å². The molecule has 7 heteroatoms. The Kier molecular flexibility index (Phi) is 5.69. The summed E-state index contributed by atoms with van der Waals surface area (Å²) in [7, 11) is -2.04. The summed E-state index contributed by atoms with van der Waals surface area (Å²) in [6, 6.07) is 13.0. The maximum absolute atomic E-state index is 12.3. The standard InChI is InChI=1S/C15H15Cl2NO3S/c1-18(9-10-21-14-4-2-3-13(17)11-14)22(19,20)15-7-5-12(16)6-8-15/h2-8,11H,9-10H2,1H3. The summed E-state index contributed by atoms with van der Waals surface area (Å²) in [6.07, 6.45) is 0. The first-order valence-electron chi connectivity index (χ1n) is 6.50. The molecule has 0 aromatic heterocycles. The third kappa shape index (κ3) is 4.36. The second-order valence-electron chi connectivity index (χ2n) is 4.59. The SMILES string of the molecule is CN(CCOc1cccc(Cl)c1)S(=O)(=O)c1ccc(Cl)cc1. The van der Waals surface area contributed by atoms with Gasteiger partial charge in [0.05, 0.1) is 4.90 Å². The summed E-state index contributed by atoms with van der Waals surface area (Å²) in [5.41, 5.74) is 0. The van der Waals surface area contributed by atoms with Gasteiger partial charge in [0.25, 0.3) is 0 Å².